The van der Waals surface area contributed by atoms with E-state index in [4.69, 9.17) is 4.42 Å². The Hall–Kier alpha value is -0.940. The maximum Gasteiger partial charge on any atom is 0.373 e. The average molecular weight is 255 g/mol. The number of nitrogens with one attached hydrogen (secondary N) is 1. The third-order valence-corrected chi connectivity index (χ3v) is 4.14. The van der Waals surface area contributed by atoms with E-state index in [2.05, 4.69) is 10.1 Å². The third kappa shape index (κ3) is 3.51. The molecule has 0 bridgehead atoms. The van der Waals surface area contributed by atoms with Gasteiger partial charge in [0.05, 0.1) is 13.7 Å². The first-order valence-electron chi connectivity index (χ1n) is 5.79. The van der Waals surface area contributed by atoms with Crippen LogP contribution in [0.2, 0.25) is 0 Å². The number of thioether (sulfide) groups is 1. The number of furan rings is 1. The highest BCUT2D eigenvalue weighted by atomic mass is 32.2. The van der Waals surface area contributed by atoms with E-state index in [-0.39, 0.29) is 5.76 Å². The number of hydrogen-bond donors (Lipinski definition) is 1. The quantitative estimate of drug-likeness (QED) is 0.816. The molecule has 4 nitrogen and oxygen atoms in total. The van der Waals surface area contributed by atoms with Crippen LogP contribution in [0.5, 0.6) is 0 Å². The van der Waals surface area contributed by atoms with Gasteiger partial charge in [-0.25, -0.2) is 4.79 Å². The van der Waals surface area contributed by atoms with E-state index in [9.17, 15) is 4.79 Å². The summed E-state index contributed by atoms with van der Waals surface area (Å²) in [6.45, 7) is 1.66. The fourth-order valence-electron chi connectivity index (χ4n) is 1.84. The Morgan fingerprint density at radius 3 is 3.24 bits per heavy atom. The van der Waals surface area contributed by atoms with Crippen molar-refractivity contribution in [3.63, 3.8) is 0 Å². The second-order valence-corrected chi connectivity index (χ2v) is 5.43. The molecule has 1 fully saturated rings. The molecule has 0 saturated carbocycles. The Morgan fingerprint density at radius 1 is 1.65 bits per heavy atom. The molecule has 0 aromatic carbocycles. The lowest BCUT2D eigenvalue weighted by molar-refractivity contribution is 0.0563. The first kappa shape index (κ1) is 12.5. The average Bonchev–Trinajstić information content (AvgIpc) is 2.99. The number of hydrogen-bond acceptors (Lipinski definition) is 5. The highest BCUT2D eigenvalue weighted by Gasteiger charge is 2.15. The summed E-state index contributed by atoms with van der Waals surface area (Å²) in [5.74, 6) is 1.88. The summed E-state index contributed by atoms with van der Waals surface area (Å²) in [6.07, 6.45) is 2.62. The van der Waals surface area contributed by atoms with Crippen molar-refractivity contribution in [1.29, 1.82) is 0 Å². The van der Waals surface area contributed by atoms with E-state index >= 15 is 0 Å². The number of esters is 1. The standard InChI is InChI=1S/C12H17NO3S/c1-15-12(14)11-5-4-9(16-11)7-13-8-10-3-2-6-17-10/h4-5,10,13H,2-3,6-8H2,1H3. The van der Waals surface area contributed by atoms with Crippen LogP contribution in [0.15, 0.2) is 16.5 Å². The summed E-state index contributed by atoms with van der Waals surface area (Å²) >= 11 is 2.02. The van der Waals surface area contributed by atoms with E-state index in [1.807, 2.05) is 11.8 Å². The number of methoxy groups -OCH3 is 1. The van der Waals surface area contributed by atoms with Crippen molar-refractivity contribution in [2.45, 2.75) is 24.6 Å². The summed E-state index contributed by atoms with van der Waals surface area (Å²) < 4.78 is 9.94. The fraction of sp³-hybridized carbons (Fsp3) is 0.583. The first-order valence-corrected chi connectivity index (χ1v) is 6.84. The summed E-state index contributed by atoms with van der Waals surface area (Å²) in [4.78, 5) is 11.2. The number of carbonyl (C=O) groups excluding carboxylic acids is 1. The molecule has 2 heterocycles. The second-order valence-electron chi connectivity index (χ2n) is 4.02. The number of rotatable bonds is 5. The largest absolute Gasteiger partial charge is 0.463 e. The van der Waals surface area contributed by atoms with Crippen molar-refractivity contribution in [2.75, 3.05) is 19.4 Å². The van der Waals surface area contributed by atoms with Crippen LogP contribution in [0.1, 0.15) is 29.2 Å². The monoisotopic (exact) mass is 255 g/mol. The minimum absolute atomic E-state index is 0.263. The molecule has 0 aliphatic carbocycles. The zero-order valence-electron chi connectivity index (χ0n) is 9.90. The van der Waals surface area contributed by atoms with E-state index in [1.165, 1.54) is 25.7 Å². The molecule has 1 aliphatic rings. The summed E-state index contributed by atoms with van der Waals surface area (Å²) in [6, 6.07) is 3.45. The van der Waals surface area contributed by atoms with Crippen LogP contribution in [-0.4, -0.2) is 30.6 Å². The van der Waals surface area contributed by atoms with Gasteiger partial charge in [0.25, 0.3) is 0 Å². The third-order valence-electron chi connectivity index (χ3n) is 2.74. The highest BCUT2D eigenvalue weighted by molar-refractivity contribution is 8.00. The lowest BCUT2D eigenvalue weighted by Crippen LogP contribution is -2.22. The van der Waals surface area contributed by atoms with Crippen molar-refractivity contribution in [3.05, 3.63) is 23.7 Å². The molecule has 1 unspecified atom stereocenters. The zero-order valence-corrected chi connectivity index (χ0v) is 10.7. The molecule has 94 valence electrons. The Balaban J connectivity index is 1.74. The smallest absolute Gasteiger partial charge is 0.373 e. The summed E-state index contributed by atoms with van der Waals surface area (Å²) in [5.41, 5.74) is 0. The van der Waals surface area contributed by atoms with Crippen molar-refractivity contribution in [2.24, 2.45) is 0 Å². The van der Waals surface area contributed by atoms with Gasteiger partial charge in [0.1, 0.15) is 5.76 Å². The van der Waals surface area contributed by atoms with E-state index in [1.54, 1.807) is 12.1 Å². The maximum atomic E-state index is 11.2. The molecule has 1 aromatic rings. The lowest BCUT2D eigenvalue weighted by Gasteiger charge is -2.08. The fourth-order valence-corrected chi connectivity index (χ4v) is 3.08. The van der Waals surface area contributed by atoms with Crippen LogP contribution >= 0.6 is 11.8 Å². The molecule has 5 heteroatoms. The summed E-state index contributed by atoms with van der Waals surface area (Å²) in [7, 11) is 1.35. The number of ether oxygens (including phenoxy) is 1. The van der Waals surface area contributed by atoms with Crippen LogP contribution in [0.4, 0.5) is 0 Å². The molecule has 1 N–H and O–H groups in total. The van der Waals surface area contributed by atoms with Gasteiger partial charge in [0.15, 0.2) is 0 Å². The van der Waals surface area contributed by atoms with Crippen molar-refractivity contribution in [1.82, 2.24) is 5.32 Å². The summed E-state index contributed by atoms with van der Waals surface area (Å²) in [5, 5.41) is 4.07. The molecule has 1 aliphatic heterocycles. The molecule has 1 aromatic heterocycles. The Labute approximate surface area is 105 Å². The molecule has 2 rings (SSSR count). The molecule has 1 atom stereocenters. The molecular weight excluding hydrogens is 238 g/mol. The van der Waals surface area contributed by atoms with Gasteiger partial charge in [-0.15, -0.1) is 0 Å². The zero-order chi connectivity index (χ0) is 12.1. The number of carbonyl (C=O) groups is 1. The van der Waals surface area contributed by atoms with Crippen LogP contribution in [0, 0.1) is 0 Å². The van der Waals surface area contributed by atoms with Crippen molar-refractivity contribution < 1.29 is 13.9 Å². The van der Waals surface area contributed by atoms with Gasteiger partial charge < -0.3 is 14.5 Å². The van der Waals surface area contributed by atoms with Crippen LogP contribution in [0.3, 0.4) is 0 Å². The Bertz CT molecular complexity index is 372. The van der Waals surface area contributed by atoms with Crippen molar-refractivity contribution >= 4 is 17.7 Å². The first-order chi connectivity index (χ1) is 8.29. The van der Waals surface area contributed by atoms with Crippen LogP contribution in [-0.2, 0) is 11.3 Å². The molecule has 0 radical (unpaired) electrons. The lowest BCUT2D eigenvalue weighted by atomic mass is 10.2. The van der Waals surface area contributed by atoms with Crippen LogP contribution in [0.25, 0.3) is 0 Å². The Kier molecular flexibility index (Phi) is 4.50. The molecular formula is C12H17NO3S. The van der Waals surface area contributed by atoms with Gasteiger partial charge in [0.2, 0.25) is 5.76 Å². The normalized spacial score (nSPS) is 19.5. The minimum atomic E-state index is -0.428. The van der Waals surface area contributed by atoms with Gasteiger partial charge in [-0.2, -0.15) is 11.8 Å². The second kappa shape index (κ2) is 6.12. The Morgan fingerprint density at radius 2 is 2.53 bits per heavy atom. The van der Waals surface area contributed by atoms with Gasteiger partial charge in [-0.3, -0.25) is 0 Å². The minimum Gasteiger partial charge on any atom is -0.463 e. The van der Waals surface area contributed by atoms with Gasteiger partial charge >= 0.3 is 5.97 Å². The molecule has 0 amide bonds. The van der Waals surface area contributed by atoms with Gasteiger partial charge in [-0.05, 0) is 30.7 Å². The molecule has 17 heavy (non-hydrogen) atoms. The topological polar surface area (TPSA) is 51.5 Å². The SMILES string of the molecule is COC(=O)c1ccc(CNCC2CCCS2)o1. The maximum absolute atomic E-state index is 11.2. The van der Waals surface area contributed by atoms with Crippen LogP contribution < -0.4 is 5.32 Å². The molecule has 1 saturated heterocycles. The van der Waals surface area contributed by atoms with Crippen molar-refractivity contribution in [3.8, 4) is 0 Å². The van der Waals surface area contributed by atoms with E-state index in [0.717, 1.165) is 17.6 Å². The van der Waals surface area contributed by atoms with Gasteiger partial charge in [0, 0.05) is 11.8 Å². The van der Waals surface area contributed by atoms with E-state index < -0.39 is 5.97 Å². The predicted octanol–water partition coefficient (Wildman–Crippen LogP) is 2.05. The molecule has 0 spiro atoms. The van der Waals surface area contributed by atoms with Gasteiger partial charge in [-0.1, -0.05) is 0 Å². The predicted molar refractivity (Wildman–Crippen MR) is 67.2 cm³/mol. The highest BCUT2D eigenvalue weighted by Crippen LogP contribution is 2.25. The van der Waals surface area contributed by atoms with E-state index in [0.29, 0.717) is 6.54 Å².